The topological polar surface area (TPSA) is 0 Å². The van der Waals surface area contributed by atoms with Gasteiger partial charge < -0.3 is 0 Å². The molecule has 0 atom stereocenters. The average molecular weight is 253 g/mol. The first-order chi connectivity index (χ1) is 7.11. The molecular formula is C13H22Ge. The first kappa shape index (κ1) is 9.02. The van der Waals surface area contributed by atoms with Crippen LogP contribution in [0.1, 0.15) is 23.5 Å². The quantitative estimate of drug-likeness (QED) is 0.705. The van der Waals surface area contributed by atoms with Gasteiger partial charge >= 0.3 is 93.6 Å². The molecule has 0 saturated heterocycles. The maximum absolute atomic E-state index is 8.47. The Hall–Kier alpha value is -0.237. The fourth-order valence-corrected chi connectivity index (χ4v) is 8.25. The van der Waals surface area contributed by atoms with Gasteiger partial charge in [0.25, 0.3) is 0 Å². The van der Waals surface area contributed by atoms with Gasteiger partial charge in [-0.1, -0.05) is 0 Å². The number of hydrogen-bond donors (Lipinski definition) is 0. The van der Waals surface area contributed by atoms with Gasteiger partial charge in [-0.15, -0.1) is 0 Å². The van der Waals surface area contributed by atoms with E-state index in [9.17, 15) is 0 Å². The fourth-order valence-electron chi connectivity index (χ4n) is 1.86. The molecule has 0 N–H and O–H groups in total. The molecular weight excluding hydrogens is 229 g/mol. The molecule has 0 aliphatic carbocycles. The molecule has 78 valence electrons. The Balaban J connectivity index is 3.22. The average Bonchev–Trinajstić information content (AvgIpc) is 2.17. The molecule has 1 rings (SSSR count). The molecule has 14 heavy (non-hydrogen) atoms. The van der Waals surface area contributed by atoms with E-state index < -0.39 is 18.5 Å². The molecule has 0 unspecified atom stereocenters. The summed E-state index contributed by atoms with van der Waals surface area (Å²) in [4.78, 5) is 0. The Labute approximate surface area is 93.9 Å². The molecule has 0 radical (unpaired) electrons. The van der Waals surface area contributed by atoms with E-state index in [0.29, 0.717) is 0 Å². The summed E-state index contributed by atoms with van der Waals surface area (Å²) in [7, 11) is 0. The minimum atomic E-state index is -2.67. The van der Waals surface area contributed by atoms with E-state index in [1.54, 1.807) is 0 Å². The van der Waals surface area contributed by atoms with Crippen LogP contribution in [0.2, 0.25) is 16.7 Å². The zero-order chi connectivity index (χ0) is 12.6. The Kier molecular flexibility index (Phi) is 2.64. The molecule has 0 nitrogen and oxygen atoms in total. The van der Waals surface area contributed by atoms with Crippen LogP contribution in [-0.4, -0.2) is 13.3 Å². The van der Waals surface area contributed by atoms with Gasteiger partial charge in [-0.3, -0.25) is 0 Å². The molecule has 0 aliphatic heterocycles. The summed E-state index contributed by atoms with van der Waals surface area (Å²) >= 11 is -2.67. The summed E-state index contributed by atoms with van der Waals surface area (Å²) in [5.41, 5.74) is -0.299. The third-order valence-electron chi connectivity index (χ3n) is 2.18. The molecule has 0 fully saturated rings. The number of rotatable bonds is 2. The van der Waals surface area contributed by atoms with E-state index in [-0.39, 0.29) is 5.41 Å². The van der Waals surface area contributed by atoms with Crippen molar-refractivity contribution in [3.8, 4) is 0 Å². The molecule has 0 aliphatic rings. The monoisotopic (exact) mass is 254 g/mol. The van der Waals surface area contributed by atoms with E-state index in [1.807, 2.05) is 39.0 Å². The van der Waals surface area contributed by atoms with Crippen LogP contribution >= 0.6 is 0 Å². The third-order valence-corrected chi connectivity index (χ3v) is 8.80. The first-order valence-electron chi connectivity index (χ1n) is 6.16. The SMILES string of the molecule is [2H][C]([2H])(C(C)(C)C)[Ge]([CH3])([CH3])[c]1ccccc1. The zero-order valence-corrected chi connectivity index (χ0v) is 12.0. The molecule has 0 heterocycles. The van der Waals surface area contributed by atoms with Crippen LogP contribution in [0.5, 0.6) is 0 Å². The van der Waals surface area contributed by atoms with Crippen molar-refractivity contribution in [2.24, 2.45) is 5.41 Å². The van der Waals surface area contributed by atoms with Crippen LogP contribution < -0.4 is 4.40 Å². The molecule has 0 amide bonds. The Morgan fingerprint density at radius 1 is 1.14 bits per heavy atom. The van der Waals surface area contributed by atoms with Crippen LogP contribution in [0.4, 0.5) is 0 Å². The van der Waals surface area contributed by atoms with Crippen LogP contribution in [0, 0.1) is 5.41 Å². The molecule has 1 aromatic carbocycles. The summed E-state index contributed by atoms with van der Waals surface area (Å²) in [5, 5.41) is -1.08. The van der Waals surface area contributed by atoms with Crippen molar-refractivity contribution < 1.29 is 2.74 Å². The van der Waals surface area contributed by atoms with Crippen LogP contribution in [0.25, 0.3) is 0 Å². The second-order valence-electron chi connectivity index (χ2n) is 5.37. The van der Waals surface area contributed by atoms with Crippen LogP contribution in [-0.2, 0) is 0 Å². The van der Waals surface area contributed by atoms with Crippen molar-refractivity contribution in [3.63, 3.8) is 0 Å². The van der Waals surface area contributed by atoms with Gasteiger partial charge in [0.2, 0.25) is 0 Å². The van der Waals surface area contributed by atoms with Crippen LogP contribution in [0.15, 0.2) is 30.3 Å². The van der Waals surface area contributed by atoms with Gasteiger partial charge in [-0.25, -0.2) is 0 Å². The summed E-state index contributed by atoms with van der Waals surface area (Å²) in [6, 6.07) is 10.2. The molecule has 0 saturated carbocycles. The van der Waals surface area contributed by atoms with E-state index in [0.717, 1.165) is 0 Å². The summed E-state index contributed by atoms with van der Waals surface area (Å²) in [6.45, 7) is 6.01. The van der Waals surface area contributed by atoms with Crippen molar-refractivity contribution in [3.05, 3.63) is 30.3 Å². The van der Waals surface area contributed by atoms with Gasteiger partial charge in [0.1, 0.15) is 0 Å². The van der Waals surface area contributed by atoms with E-state index in [1.165, 1.54) is 4.40 Å². The molecule has 1 aromatic rings. The van der Waals surface area contributed by atoms with Crippen molar-refractivity contribution in [2.75, 3.05) is 0 Å². The molecule has 1 heteroatoms. The van der Waals surface area contributed by atoms with Gasteiger partial charge in [0, 0.05) is 0 Å². The maximum atomic E-state index is 8.47. The Bertz CT molecular complexity index is 350. The first-order valence-corrected chi connectivity index (χ1v) is 11.5. The standard InChI is InChI=1S/C13H22Ge/c1-13(2,3)11-14(4,5)12-9-7-6-8-10-12/h6-10H,11H2,1-5H3/i11D2. The second-order valence-corrected chi connectivity index (χ2v) is 13.9. The second kappa shape index (κ2) is 4.10. The zero-order valence-electron chi connectivity index (χ0n) is 11.9. The third kappa shape index (κ3) is 3.49. The predicted octanol–water partition coefficient (Wildman–Crippen LogP) is 3.65. The Morgan fingerprint density at radius 3 is 2.07 bits per heavy atom. The molecule has 0 aromatic heterocycles. The van der Waals surface area contributed by atoms with Gasteiger partial charge in [-0.2, -0.15) is 0 Å². The van der Waals surface area contributed by atoms with Crippen molar-refractivity contribution >= 4 is 17.7 Å². The van der Waals surface area contributed by atoms with Crippen LogP contribution in [0.3, 0.4) is 0 Å². The summed E-state index contributed by atoms with van der Waals surface area (Å²) < 4.78 is 18.2. The Morgan fingerprint density at radius 2 is 1.64 bits per heavy atom. The van der Waals surface area contributed by atoms with E-state index in [4.69, 9.17) is 2.74 Å². The van der Waals surface area contributed by atoms with E-state index >= 15 is 0 Å². The normalized spacial score (nSPS) is 16.1. The van der Waals surface area contributed by atoms with Gasteiger partial charge in [0.05, 0.1) is 0 Å². The van der Waals surface area contributed by atoms with Gasteiger partial charge in [-0.05, 0) is 0 Å². The van der Waals surface area contributed by atoms with Crippen molar-refractivity contribution in [2.45, 2.75) is 37.5 Å². The number of hydrogen-bond acceptors (Lipinski definition) is 0. The molecule has 0 bridgehead atoms. The predicted molar refractivity (Wildman–Crippen MR) is 67.8 cm³/mol. The van der Waals surface area contributed by atoms with Gasteiger partial charge in [0.15, 0.2) is 0 Å². The fraction of sp³-hybridized carbons (Fsp3) is 0.538. The molecule has 0 spiro atoms. The van der Waals surface area contributed by atoms with Crippen molar-refractivity contribution in [1.82, 2.24) is 0 Å². The summed E-state index contributed by atoms with van der Waals surface area (Å²) in [6.07, 6.45) is 0. The summed E-state index contributed by atoms with van der Waals surface area (Å²) in [5.74, 6) is 4.33. The van der Waals surface area contributed by atoms with E-state index in [2.05, 4.69) is 23.6 Å². The minimum absolute atomic E-state index is 0.299. The number of benzene rings is 1. The van der Waals surface area contributed by atoms with Crippen molar-refractivity contribution in [1.29, 1.82) is 0 Å².